The van der Waals surface area contributed by atoms with Gasteiger partial charge in [0.2, 0.25) is 5.91 Å². The normalized spacial score (nSPS) is 23.4. The number of ether oxygens (including phenoxy) is 2. The van der Waals surface area contributed by atoms with Gasteiger partial charge in [0, 0.05) is 20.1 Å². The van der Waals surface area contributed by atoms with Gasteiger partial charge in [0.15, 0.2) is 6.61 Å². The zero-order valence-corrected chi connectivity index (χ0v) is 15.4. The number of aryl methyl sites for hydroxylation is 2. The van der Waals surface area contributed by atoms with Gasteiger partial charge in [-0.25, -0.2) is 0 Å². The van der Waals surface area contributed by atoms with Gasteiger partial charge < -0.3 is 19.3 Å². The van der Waals surface area contributed by atoms with Crippen LogP contribution in [0.1, 0.15) is 16.7 Å². The highest BCUT2D eigenvalue weighted by atomic mass is 16.5. The number of amides is 2. The predicted molar refractivity (Wildman–Crippen MR) is 93.6 cm³/mol. The van der Waals surface area contributed by atoms with E-state index < -0.39 is 0 Å². The van der Waals surface area contributed by atoms with Crippen LogP contribution in [-0.4, -0.2) is 67.6 Å². The lowest BCUT2D eigenvalue weighted by Crippen LogP contribution is -2.46. The molecular weight excluding hydrogens is 320 g/mol. The molecule has 2 amide bonds. The Morgan fingerprint density at radius 3 is 2.68 bits per heavy atom. The van der Waals surface area contributed by atoms with E-state index in [1.54, 1.807) is 16.8 Å². The highest BCUT2D eigenvalue weighted by Gasteiger charge is 2.38. The molecular formula is C19H26N2O4. The molecule has 25 heavy (non-hydrogen) atoms. The lowest BCUT2D eigenvalue weighted by Gasteiger charge is -2.29. The third kappa shape index (κ3) is 3.49. The van der Waals surface area contributed by atoms with Gasteiger partial charge >= 0.3 is 0 Å². The number of benzene rings is 1. The van der Waals surface area contributed by atoms with Crippen molar-refractivity contribution in [2.75, 3.05) is 40.0 Å². The molecule has 136 valence electrons. The molecule has 0 aromatic heterocycles. The van der Waals surface area contributed by atoms with Crippen LogP contribution in [0, 0.1) is 26.7 Å². The summed E-state index contributed by atoms with van der Waals surface area (Å²) in [6.45, 7) is 7.74. The van der Waals surface area contributed by atoms with Gasteiger partial charge in [-0.15, -0.1) is 0 Å². The van der Waals surface area contributed by atoms with Crippen molar-refractivity contribution < 1.29 is 19.1 Å². The number of rotatable bonds is 3. The van der Waals surface area contributed by atoms with Gasteiger partial charge in [-0.2, -0.15) is 0 Å². The average molecular weight is 346 g/mol. The number of hydrogen-bond donors (Lipinski definition) is 0. The number of carbonyl (C=O) groups is 2. The molecule has 2 fully saturated rings. The average Bonchev–Trinajstić information content (AvgIpc) is 2.76. The molecule has 0 unspecified atom stereocenters. The predicted octanol–water partition coefficient (Wildman–Crippen LogP) is 1.31. The van der Waals surface area contributed by atoms with Crippen LogP contribution in [0.2, 0.25) is 0 Å². The molecule has 0 N–H and O–H groups in total. The van der Waals surface area contributed by atoms with Crippen LogP contribution in [0.25, 0.3) is 0 Å². The molecule has 0 radical (unpaired) electrons. The number of nitrogens with zero attached hydrogens (tertiary/aromatic N) is 2. The maximum Gasteiger partial charge on any atom is 0.260 e. The summed E-state index contributed by atoms with van der Waals surface area (Å²) in [4.78, 5) is 28.6. The van der Waals surface area contributed by atoms with Crippen molar-refractivity contribution in [3.05, 3.63) is 28.8 Å². The fourth-order valence-electron chi connectivity index (χ4n) is 3.47. The number of likely N-dealkylation sites (N-methyl/N-ethyl adjacent to an activating group) is 1. The van der Waals surface area contributed by atoms with E-state index >= 15 is 0 Å². The van der Waals surface area contributed by atoms with Crippen LogP contribution < -0.4 is 4.74 Å². The van der Waals surface area contributed by atoms with E-state index in [0.29, 0.717) is 26.3 Å². The van der Waals surface area contributed by atoms with Gasteiger partial charge in [0.1, 0.15) is 5.75 Å². The molecule has 0 aliphatic carbocycles. The van der Waals surface area contributed by atoms with E-state index in [0.717, 1.165) is 22.4 Å². The summed E-state index contributed by atoms with van der Waals surface area (Å²) >= 11 is 0. The minimum absolute atomic E-state index is 0.0106. The van der Waals surface area contributed by atoms with E-state index in [1.165, 1.54) is 0 Å². The summed E-state index contributed by atoms with van der Waals surface area (Å²) in [5, 5.41) is 0. The monoisotopic (exact) mass is 346 g/mol. The van der Waals surface area contributed by atoms with Crippen molar-refractivity contribution in [1.29, 1.82) is 0 Å². The van der Waals surface area contributed by atoms with Gasteiger partial charge in [-0.1, -0.05) is 12.1 Å². The molecule has 0 spiro atoms. The van der Waals surface area contributed by atoms with Crippen molar-refractivity contribution in [3.63, 3.8) is 0 Å². The summed E-state index contributed by atoms with van der Waals surface area (Å²) < 4.78 is 11.4. The molecule has 2 atom stereocenters. The first-order valence-corrected chi connectivity index (χ1v) is 8.70. The smallest absolute Gasteiger partial charge is 0.260 e. The lowest BCUT2D eigenvalue weighted by atomic mass is 10.1. The van der Waals surface area contributed by atoms with Crippen LogP contribution >= 0.6 is 0 Å². The molecule has 2 bridgehead atoms. The maximum absolute atomic E-state index is 12.7. The van der Waals surface area contributed by atoms with E-state index in [-0.39, 0.29) is 30.4 Å². The van der Waals surface area contributed by atoms with Crippen molar-refractivity contribution in [2.45, 2.75) is 26.8 Å². The quantitative estimate of drug-likeness (QED) is 0.828. The SMILES string of the molecule is Cc1ccc(C)c(OCC(=O)N2C[C@@H]3COC[C@H](C2)N(C)C3=O)c1C. The first-order valence-electron chi connectivity index (χ1n) is 8.70. The van der Waals surface area contributed by atoms with Crippen LogP contribution in [-0.2, 0) is 14.3 Å². The van der Waals surface area contributed by atoms with Crippen molar-refractivity contribution in [1.82, 2.24) is 9.80 Å². The molecule has 0 saturated carbocycles. The molecule has 2 heterocycles. The molecule has 6 heteroatoms. The highest BCUT2D eigenvalue weighted by Crippen LogP contribution is 2.26. The molecule has 2 saturated heterocycles. The zero-order chi connectivity index (χ0) is 18.1. The minimum atomic E-state index is -0.288. The lowest BCUT2D eigenvalue weighted by molar-refractivity contribution is -0.135. The van der Waals surface area contributed by atoms with Crippen LogP contribution in [0.3, 0.4) is 0 Å². The van der Waals surface area contributed by atoms with Crippen LogP contribution in [0.15, 0.2) is 12.1 Å². The Kier molecular flexibility index (Phi) is 4.99. The van der Waals surface area contributed by atoms with Crippen molar-refractivity contribution in [3.8, 4) is 5.75 Å². The number of carbonyl (C=O) groups excluding carboxylic acids is 2. The van der Waals surface area contributed by atoms with E-state index in [9.17, 15) is 9.59 Å². The van der Waals surface area contributed by atoms with Gasteiger partial charge in [-0.05, 0) is 37.5 Å². The van der Waals surface area contributed by atoms with Gasteiger partial charge in [-0.3, -0.25) is 9.59 Å². The van der Waals surface area contributed by atoms with Crippen molar-refractivity contribution >= 4 is 11.8 Å². The Hall–Kier alpha value is -2.08. The molecule has 2 aliphatic heterocycles. The fourth-order valence-corrected chi connectivity index (χ4v) is 3.47. The van der Waals surface area contributed by atoms with Crippen molar-refractivity contribution in [2.24, 2.45) is 5.92 Å². The summed E-state index contributed by atoms with van der Waals surface area (Å²) in [5.74, 6) is 0.466. The molecule has 3 rings (SSSR count). The molecule has 6 nitrogen and oxygen atoms in total. The Bertz CT molecular complexity index is 688. The first kappa shape index (κ1) is 17.7. The largest absolute Gasteiger partial charge is 0.483 e. The van der Waals surface area contributed by atoms with Gasteiger partial charge in [0.05, 0.1) is 25.2 Å². The minimum Gasteiger partial charge on any atom is -0.483 e. The van der Waals surface area contributed by atoms with E-state index in [4.69, 9.17) is 9.47 Å². The summed E-state index contributed by atoms with van der Waals surface area (Å²) in [6.07, 6.45) is 0. The van der Waals surface area contributed by atoms with Crippen LogP contribution in [0.5, 0.6) is 5.75 Å². The highest BCUT2D eigenvalue weighted by molar-refractivity contribution is 5.83. The summed E-state index contributed by atoms with van der Waals surface area (Å²) in [5.41, 5.74) is 3.22. The fraction of sp³-hybridized carbons (Fsp3) is 0.579. The Balaban J connectivity index is 1.70. The molecule has 2 aliphatic rings. The van der Waals surface area contributed by atoms with E-state index in [2.05, 4.69) is 6.07 Å². The van der Waals surface area contributed by atoms with Crippen LogP contribution in [0.4, 0.5) is 0 Å². The topological polar surface area (TPSA) is 59.1 Å². The Morgan fingerprint density at radius 1 is 1.20 bits per heavy atom. The summed E-state index contributed by atoms with van der Waals surface area (Å²) in [6, 6.07) is 3.96. The maximum atomic E-state index is 12.7. The number of fused-ring (bicyclic) bond motifs is 3. The summed E-state index contributed by atoms with van der Waals surface area (Å²) in [7, 11) is 1.79. The first-order chi connectivity index (χ1) is 11.9. The second-order valence-corrected chi connectivity index (χ2v) is 7.08. The second kappa shape index (κ2) is 7.04. The Labute approximate surface area is 148 Å². The van der Waals surface area contributed by atoms with Gasteiger partial charge in [0.25, 0.3) is 5.91 Å². The Morgan fingerprint density at radius 2 is 1.92 bits per heavy atom. The molecule has 1 aromatic carbocycles. The number of hydrogen-bond acceptors (Lipinski definition) is 4. The third-order valence-electron chi connectivity index (χ3n) is 5.31. The third-order valence-corrected chi connectivity index (χ3v) is 5.31. The zero-order valence-electron chi connectivity index (χ0n) is 15.4. The van der Waals surface area contributed by atoms with E-state index in [1.807, 2.05) is 26.8 Å². The second-order valence-electron chi connectivity index (χ2n) is 7.08. The standard InChI is InChI=1S/C19H26N2O4/c1-12-5-6-13(2)18(14(12)3)25-11-17(22)21-7-15-9-24-10-16(8-21)20(4)19(15)23/h5-6,15-16H,7-11H2,1-4H3/t15-,16+/m1/s1. The molecule has 1 aromatic rings.